The number of hydrogen-bond donors (Lipinski definition) is 1. The number of para-hydroxylation sites is 1. The van der Waals surface area contributed by atoms with E-state index in [0.717, 1.165) is 25.9 Å². The minimum Gasteiger partial charge on any atom is -0.507 e. The molecule has 5 heteroatoms. The molecule has 1 N–H and O–H groups in total. The monoisotopic (exact) mass is 288 g/mol. The van der Waals surface area contributed by atoms with Crippen molar-refractivity contribution >= 4 is 17.2 Å². The molecule has 1 aliphatic heterocycles. The zero-order valence-electron chi connectivity index (χ0n) is 11.1. The van der Waals surface area contributed by atoms with Crippen molar-refractivity contribution in [2.24, 2.45) is 0 Å². The first-order valence-electron chi connectivity index (χ1n) is 6.79. The van der Waals surface area contributed by atoms with Gasteiger partial charge in [-0.3, -0.25) is 4.79 Å². The average molecular weight is 288 g/mol. The Bertz CT molecular complexity index is 618. The third-order valence-corrected chi connectivity index (χ3v) is 4.51. The van der Waals surface area contributed by atoms with E-state index < -0.39 is 0 Å². The van der Waals surface area contributed by atoms with Crippen molar-refractivity contribution < 1.29 is 9.90 Å². The number of aromatic nitrogens is 1. The second-order valence-electron chi connectivity index (χ2n) is 4.90. The van der Waals surface area contributed by atoms with Crippen LogP contribution in [0.25, 0.3) is 10.6 Å². The highest BCUT2D eigenvalue weighted by molar-refractivity contribution is 7.16. The van der Waals surface area contributed by atoms with Crippen molar-refractivity contribution in [1.29, 1.82) is 0 Å². The molecule has 0 unspecified atom stereocenters. The lowest BCUT2D eigenvalue weighted by Gasteiger charge is -2.25. The van der Waals surface area contributed by atoms with Gasteiger partial charge in [-0.2, -0.15) is 0 Å². The second kappa shape index (κ2) is 5.63. The van der Waals surface area contributed by atoms with Gasteiger partial charge in [-0.25, -0.2) is 4.98 Å². The number of phenolic OH excluding ortho intramolecular Hbond substituents is 1. The van der Waals surface area contributed by atoms with Gasteiger partial charge in [-0.05, 0) is 31.4 Å². The van der Waals surface area contributed by atoms with E-state index in [0.29, 0.717) is 15.4 Å². The zero-order chi connectivity index (χ0) is 13.9. The van der Waals surface area contributed by atoms with E-state index in [1.165, 1.54) is 17.8 Å². The van der Waals surface area contributed by atoms with Crippen molar-refractivity contribution in [3.05, 3.63) is 35.3 Å². The Hall–Kier alpha value is -1.88. The normalized spacial score (nSPS) is 15.3. The molecule has 20 heavy (non-hydrogen) atoms. The van der Waals surface area contributed by atoms with E-state index in [1.807, 2.05) is 17.0 Å². The Kier molecular flexibility index (Phi) is 3.69. The maximum Gasteiger partial charge on any atom is 0.265 e. The Morgan fingerprint density at radius 2 is 1.95 bits per heavy atom. The van der Waals surface area contributed by atoms with Gasteiger partial charge in [0, 0.05) is 13.1 Å². The summed E-state index contributed by atoms with van der Waals surface area (Å²) in [6.45, 7) is 1.67. The highest BCUT2D eigenvalue weighted by Gasteiger charge is 2.21. The van der Waals surface area contributed by atoms with Crippen molar-refractivity contribution in [2.45, 2.75) is 19.3 Å². The first-order valence-corrected chi connectivity index (χ1v) is 7.61. The Balaban J connectivity index is 1.83. The molecule has 1 aromatic heterocycles. The van der Waals surface area contributed by atoms with E-state index in [-0.39, 0.29) is 11.7 Å². The molecule has 0 spiro atoms. The summed E-state index contributed by atoms with van der Waals surface area (Å²) in [5, 5.41) is 10.5. The molecule has 2 aromatic rings. The Morgan fingerprint density at radius 3 is 2.70 bits per heavy atom. The van der Waals surface area contributed by atoms with Crippen LogP contribution in [0, 0.1) is 0 Å². The van der Waals surface area contributed by atoms with E-state index in [1.54, 1.807) is 18.3 Å². The number of phenols is 1. The molecule has 2 heterocycles. The van der Waals surface area contributed by atoms with Gasteiger partial charge < -0.3 is 10.0 Å². The molecule has 0 atom stereocenters. The molecule has 3 rings (SSSR count). The summed E-state index contributed by atoms with van der Waals surface area (Å²) in [4.78, 5) is 19.2. The quantitative estimate of drug-likeness (QED) is 0.923. The summed E-state index contributed by atoms with van der Waals surface area (Å²) >= 11 is 1.34. The van der Waals surface area contributed by atoms with Crippen molar-refractivity contribution in [2.75, 3.05) is 13.1 Å². The molecule has 1 aliphatic rings. The first kappa shape index (κ1) is 13.1. The molecule has 4 nitrogen and oxygen atoms in total. The van der Waals surface area contributed by atoms with Crippen LogP contribution in [0.5, 0.6) is 5.75 Å². The molecule has 0 radical (unpaired) electrons. The largest absolute Gasteiger partial charge is 0.507 e. The van der Waals surface area contributed by atoms with Gasteiger partial charge >= 0.3 is 0 Å². The number of hydrogen-bond acceptors (Lipinski definition) is 4. The third kappa shape index (κ3) is 2.54. The van der Waals surface area contributed by atoms with Crippen LogP contribution in [-0.4, -0.2) is 34.0 Å². The topological polar surface area (TPSA) is 53.4 Å². The van der Waals surface area contributed by atoms with Gasteiger partial charge in [0.25, 0.3) is 5.91 Å². The SMILES string of the molecule is O=C(c1cnc(-c2ccccc2O)s1)N1CCCCC1. The fourth-order valence-corrected chi connectivity index (χ4v) is 3.32. The second-order valence-corrected chi connectivity index (χ2v) is 5.93. The van der Waals surface area contributed by atoms with Crippen LogP contribution in [0.2, 0.25) is 0 Å². The van der Waals surface area contributed by atoms with Crippen molar-refractivity contribution in [1.82, 2.24) is 9.88 Å². The summed E-state index contributed by atoms with van der Waals surface area (Å²) in [6, 6.07) is 7.06. The van der Waals surface area contributed by atoms with Gasteiger partial charge in [0.05, 0.1) is 11.8 Å². The Labute approximate surface area is 121 Å². The average Bonchev–Trinajstić information content (AvgIpc) is 2.97. The van der Waals surface area contributed by atoms with Crippen LogP contribution in [0.15, 0.2) is 30.5 Å². The fourth-order valence-electron chi connectivity index (χ4n) is 2.40. The highest BCUT2D eigenvalue weighted by Crippen LogP contribution is 2.32. The van der Waals surface area contributed by atoms with Crippen LogP contribution in [0.4, 0.5) is 0 Å². The molecular weight excluding hydrogens is 272 g/mol. The van der Waals surface area contributed by atoms with Crippen LogP contribution < -0.4 is 0 Å². The van der Waals surface area contributed by atoms with Gasteiger partial charge in [0.15, 0.2) is 0 Å². The van der Waals surface area contributed by atoms with Crippen molar-refractivity contribution in [3.8, 4) is 16.3 Å². The fraction of sp³-hybridized carbons (Fsp3) is 0.333. The number of amides is 1. The van der Waals surface area contributed by atoms with Gasteiger partial charge in [-0.15, -0.1) is 11.3 Å². The number of aromatic hydroxyl groups is 1. The molecule has 1 amide bonds. The molecule has 104 valence electrons. The maximum atomic E-state index is 12.4. The van der Waals surface area contributed by atoms with E-state index in [9.17, 15) is 9.90 Å². The number of carbonyl (C=O) groups is 1. The molecule has 1 aromatic carbocycles. The summed E-state index contributed by atoms with van der Waals surface area (Å²) in [5.41, 5.74) is 0.676. The molecule has 0 aliphatic carbocycles. The Morgan fingerprint density at radius 1 is 1.20 bits per heavy atom. The summed E-state index contributed by atoms with van der Waals surface area (Å²) < 4.78 is 0. The number of thiazole rings is 1. The number of benzene rings is 1. The number of nitrogens with zero attached hydrogens (tertiary/aromatic N) is 2. The molecule has 1 saturated heterocycles. The highest BCUT2D eigenvalue weighted by atomic mass is 32.1. The summed E-state index contributed by atoms with van der Waals surface area (Å²) in [6.07, 6.45) is 4.98. The minimum atomic E-state index is 0.0591. The van der Waals surface area contributed by atoms with E-state index in [4.69, 9.17) is 0 Å². The van der Waals surface area contributed by atoms with Crippen molar-refractivity contribution in [3.63, 3.8) is 0 Å². The lowest BCUT2D eigenvalue weighted by atomic mass is 10.1. The summed E-state index contributed by atoms with van der Waals surface area (Å²) in [5.74, 6) is 0.252. The lowest BCUT2D eigenvalue weighted by Crippen LogP contribution is -2.35. The minimum absolute atomic E-state index is 0.0591. The maximum absolute atomic E-state index is 12.4. The van der Waals surface area contributed by atoms with E-state index in [2.05, 4.69) is 4.98 Å². The smallest absolute Gasteiger partial charge is 0.265 e. The van der Waals surface area contributed by atoms with Gasteiger partial charge in [0.1, 0.15) is 15.6 Å². The van der Waals surface area contributed by atoms with Gasteiger partial charge in [0.2, 0.25) is 0 Å². The van der Waals surface area contributed by atoms with Crippen LogP contribution in [0.1, 0.15) is 28.9 Å². The number of carbonyl (C=O) groups excluding carboxylic acids is 1. The molecular formula is C15H16N2O2S. The number of rotatable bonds is 2. The molecule has 1 fully saturated rings. The molecule has 0 saturated carbocycles. The number of likely N-dealkylation sites (tertiary alicyclic amines) is 1. The third-order valence-electron chi connectivity index (χ3n) is 3.49. The standard InChI is InChI=1S/C15H16N2O2S/c18-12-7-3-2-6-11(12)14-16-10-13(20-14)15(19)17-8-4-1-5-9-17/h2-3,6-7,10,18H,1,4-5,8-9H2. The lowest BCUT2D eigenvalue weighted by molar-refractivity contribution is 0.0729. The van der Waals surface area contributed by atoms with Crippen LogP contribution in [0.3, 0.4) is 0 Å². The predicted molar refractivity (Wildman–Crippen MR) is 79.0 cm³/mol. The van der Waals surface area contributed by atoms with Crippen LogP contribution in [-0.2, 0) is 0 Å². The summed E-state index contributed by atoms with van der Waals surface area (Å²) in [7, 11) is 0. The molecule has 0 bridgehead atoms. The zero-order valence-corrected chi connectivity index (χ0v) is 11.9. The first-order chi connectivity index (χ1) is 9.75. The number of piperidine rings is 1. The van der Waals surface area contributed by atoms with E-state index >= 15 is 0 Å². The predicted octanol–water partition coefficient (Wildman–Crippen LogP) is 3.14. The van der Waals surface area contributed by atoms with Gasteiger partial charge in [-0.1, -0.05) is 12.1 Å². The van der Waals surface area contributed by atoms with Crippen LogP contribution >= 0.6 is 11.3 Å².